The number of carboxylic acids is 1. The number of benzene rings is 1. The molecular formula is C29H45NO6. The molecule has 0 aromatic heterocycles. The van der Waals surface area contributed by atoms with E-state index in [0.717, 1.165) is 83.5 Å². The van der Waals surface area contributed by atoms with Gasteiger partial charge in [0.25, 0.3) is 0 Å². The number of hydrogen-bond acceptors (Lipinski definition) is 6. The van der Waals surface area contributed by atoms with Gasteiger partial charge in [0.1, 0.15) is 5.75 Å². The Morgan fingerprint density at radius 1 is 1.19 bits per heavy atom. The van der Waals surface area contributed by atoms with Crippen LogP contribution in [0.1, 0.15) is 63.0 Å². The minimum Gasteiger partial charge on any atom is -0.482 e. The van der Waals surface area contributed by atoms with Gasteiger partial charge in [-0.25, -0.2) is 4.79 Å². The number of ether oxygens (including phenoxy) is 3. The molecule has 202 valence electrons. The van der Waals surface area contributed by atoms with Crippen LogP contribution in [-0.4, -0.2) is 79.4 Å². The maximum atomic E-state index is 11.0. The third kappa shape index (κ3) is 7.44. The molecule has 36 heavy (non-hydrogen) atoms. The summed E-state index contributed by atoms with van der Waals surface area (Å²) in [5.41, 5.74) is 2.39. The van der Waals surface area contributed by atoms with Gasteiger partial charge in [-0.15, -0.1) is 0 Å². The normalized spacial score (nSPS) is 26.8. The Morgan fingerprint density at radius 2 is 2.03 bits per heavy atom. The molecule has 7 nitrogen and oxygen atoms in total. The second kappa shape index (κ2) is 13.8. The smallest absolute Gasteiger partial charge is 0.341 e. The van der Waals surface area contributed by atoms with Crippen LogP contribution in [0, 0.1) is 17.8 Å². The number of fused-ring (bicyclic) bond motifs is 2. The van der Waals surface area contributed by atoms with Crippen LogP contribution >= 0.6 is 0 Å². The Morgan fingerprint density at radius 3 is 2.81 bits per heavy atom. The molecule has 1 saturated carbocycles. The van der Waals surface area contributed by atoms with Crippen molar-refractivity contribution in [1.29, 1.82) is 0 Å². The summed E-state index contributed by atoms with van der Waals surface area (Å²) in [5, 5.41) is 20.1. The van der Waals surface area contributed by atoms with E-state index in [-0.39, 0.29) is 18.8 Å². The zero-order chi connectivity index (χ0) is 25.3. The second-order valence-electron chi connectivity index (χ2n) is 10.9. The molecule has 1 saturated heterocycles. The highest BCUT2D eigenvalue weighted by Crippen LogP contribution is 2.48. The van der Waals surface area contributed by atoms with Crippen LogP contribution in [0.15, 0.2) is 18.2 Å². The zero-order valence-corrected chi connectivity index (χ0v) is 21.9. The van der Waals surface area contributed by atoms with Crippen molar-refractivity contribution in [2.45, 2.75) is 76.9 Å². The summed E-state index contributed by atoms with van der Waals surface area (Å²) in [6.07, 6.45) is 9.35. The van der Waals surface area contributed by atoms with Crippen LogP contribution in [0.3, 0.4) is 0 Å². The molecule has 1 aromatic rings. The van der Waals surface area contributed by atoms with Gasteiger partial charge in [0.05, 0.1) is 32.0 Å². The SMILES string of the molecule is CCCCC[C@@H](CC[C@@H]1[C@H]2Cc3cccc(OCC(=O)O)c3C[C@H]2C[C@H]1O)OCCN1CCOCC1. The minimum atomic E-state index is -0.960. The number of unbranched alkanes of at least 4 members (excludes halogenated alkanes) is 2. The lowest BCUT2D eigenvalue weighted by Gasteiger charge is -2.33. The maximum absolute atomic E-state index is 11.0. The lowest BCUT2D eigenvalue weighted by Crippen LogP contribution is -2.38. The Kier molecular flexibility index (Phi) is 10.5. The van der Waals surface area contributed by atoms with E-state index in [0.29, 0.717) is 23.5 Å². The molecule has 0 spiro atoms. The van der Waals surface area contributed by atoms with Gasteiger partial charge in [0.15, 0.2) is 6.61 Å². The molecular weight excluding hydrogens is 458 g/mol. The lowest BCUT2D eigenvalue weighted by molar-refractivity contribution is -0.139. The van der Waals surface area contributed by atoms with E-state index >= 15 is 0 Å². The molecule has 2 N–H and O–H groups in total. The number of carboxylic acid groups (broad SMARTS) is 1. The second-order valence-corrected chi connectivity index (χ2v) is 10.9. The summed E-state index contributed by atoms with van der Waals surface area (Å²) in [7, 11) is 0. The number of aliphatic hydroxyl groups is 1. The number of aliphatic hydroxyl groups excluding tert-OH is 1. The van der Waals surface area contributed by atoms with Gasteiger partial charge < -0.3 is 24.4 Å². The molecule has 4 rings (SSSR count). The van der Waals surface area contributed by atoms with Crippen molar-refractivity contribution in [3.05, 3.63) is 29.3 Å². The molecule has 5 atom stereocenters. The van der Waals surface area contributed by atoms with Crippen molar-refractivity contribution in [2.75, 3.05) is 46.1 Å². The number of hydrogen-bond donors (Lipinski definition) is 2. The van der Waals surface area contributed by atoms with Crippen LogP contribution in [0.25, 0.3) is 0 Å². The van der Waals surface area contributed by atoms with E-state index in [1.807, 2.05) is 12.1 Å². The minimum absolute atomic E-state index is 0.260. The fourth-order valence-electron chi connectivity index (χ4n) is 6.56. The van der Waals surface area contributed by atoms with Crippen molar-refractivity contribution in [2.24, 2.45) is 17.8 Å². The summed E-state index contributed by atoms with van der Waals surface area (Å²) in [6.45, 7) is 7.27. The van der Waals surface area contributed by atoms with E-state index in [1.165, 1.54) is 24.8 Å². The first kappa shape index (κ1) is 27.4. The Labute approximate surface area is 216 Å². The summed E-state index contributed by atoms with van der Waals surface area (Å²) < 4.78 is 17.5. The summed E-state index contributed by atoms with van der Waals surface area (Å²) in [4.78, 5) is 13.4. The third-order valence-electron chi connectivity index (χ3n) is 8.51. The summed E-state index contributed by atoms with van der Waals surface area (Å²) in [6, 6.07) is 5.98. The zero-order valence-electron chi connectivity index (χ0n) is 21.9. The maximum Gasteiger partial charge on any atom is 0.341 e. The lowest BCUT2D eigenvalue weighted by atomic mass is 9.73. The molecule has 3 aliphatic rings. The van der Waals surface area contributed by atoms with E-state index in [9.17, 15) is 9.90 Å². The number of morpholine rings is 1. The Bertz CT molecular complexity index is 826. The molecule has 7 heteroatoms. The largest absolute Gasteiger partial charge is 0.482 e. The van der Waals surface area contributed by atoms with E-state index in [2.05, 4.69) is 17.9 Å². The fraction of sp³-hybridized carbons (Fsp3) is 0.759. The number of carbonyl (C=O) groups is 1. The predicted octanol–water partition coefficient (Wildman–Crippen LogP) is 3.94. The van der Waals surface area contributed by atoms with Gasteiger partial charge in [-0.2, -0.15) is 0 Å². The van der Waals surface area contributed by atoms with E-state index in [1.54, 1.807) is 0 Å². The molecule has 2 aliphatic carbocycles. The van der Waals surface area contributed by atoms with Crippen molar-refractivity contribution in [3.63, 3.8) is 0 Å². The Balaban J connectivity index is 1.33. The molecule has 1 aromatic carbocycles. The van der Waals surface area contributed by atoms with Crippen LogP contribution in [0.2, 0.25) is 0 Å². The fourth-order valence-corrected chi connectivity index (χ4v) is 6.56. The van der Waals surface area contributed by atoms with Crippen molar-refractivity contribution < 1.29 is 29.2 Å². The molecule has 0 radical (unpaired) electrons. The monoisotopic (exact) mass is 503 g/mol. The molecule has 0 unspecified atom stereocenters. The Hall–Kier alpha value is -1.67. The molecule has 0 amide bonds. The van der Waals surface area contributed by atoms with Crippen molar-refractivity contribution in [1.82, 2.24) is 4.90 Å². The van der Waals surface area contributed by atoms with Crippen molar-refractivity contribution in [3.8, 4) is 5.75 Å². The van der Waals surface area contributed by atoms with Crippen LogP contribution < -0.4 is 4.74 Å². The topological polar surface area (TPSA) is 88.5 Å². The average molecular weight is 504 g/mol. The first-order valence-corrected chi connectivity index (χ1v) is 14.1. The van der Waals surface area contributed by atoms with Crippen LogP contribution in [-0.2, 0) is 27.1 Å². The molecule has 0 bridgehead atoms. The molecule has 1 heterocycles. The number of nitrogens with zero attached hydrogens (tertiary/aromatic N) is 1. The van der Waals surface area contributed by atoms with Gasteiger partial charge >= 0.3 is 5.97 Å². The van der Waals surface area contributed by atoms with E-state index < -0.39 is 5.97 Å². The quantitative estimate of drug-likeness (QED) is 0.372. The van der Waals surface area contributed by atoms with Gasteiger partial charge in [-0.3, -0.25) is 4.90 Å². The first-order chi connectivity index (χ1) is 17.5. The predicted molar refractivity (Wildman–Crippen MR) is 138 cm³/mol. The van der Waals surface area contributed by atoms with E-state index in [4.69, 9.17) is 19.3 Å². The average Bonchev–Trinajstić information content (AvgIpc) is 3.18. The van der Waals surface area contributed by atoms with Gasteiger partial charge in [0, 0.05) is 19.6 Å². The van der Waals surface area contributed by atoms with Crippen LogP contribution in [0.5, 0.6) is 5.75 Å². The molecule has 2 fully saturated rings. The number of rotatable bonds is 14. The highest BCUT2D eigenvalue weighted by Gasteiger charge is 2.45. The summed E-state index contributed by atoms with van der Waals surface area (Å²) >= 11 is 0. The third-order valence-corrected chi connectivity index (χ3v) is 8.51. The van der Waals surface area contributed by atoms with Gasteiger partial charge in [0.2, 0.25) is 0 Å². The molecule has 1 aliphatic heterocycles. The van der Waals surface area contributed by atoms with Crippen LogP contribution in [0.4, 0.5) is 0 Å². The first-order valence-electron chi connectivity index (χ1n) is 14.1. The highest BCUT2D eigenvalue weighted by molar-refractivity contribution is 5.68. The number of aliphatic carboxylic acids is 1. The van der Waals surface area contributed by atoms with Crippen molar-refractivity contribution >= 4 is 5.97 Å². The van der Waals surface area contributed by atoms with Gasteiger partial charge in [-0.05, 0) is 73.5 Å². The highest BCUT2D eigenvalue weighted by atomic mass is 16.5. The van der Waals surface area contributed by atoms with Gasteiger partial charge in [-0.1, -0.05) is 38.3 Å². The summed E-state index contributed by atoms with van der Waals surface area (Å²) in [5.74, 6) is 0.914. The standard InChI is InChI=1S/C29H45NO6/c1-2-3-4-7-23(35-16-13-30-11-14-34-15-12-30)9-10-24-25-17-21-6-5-8-28(36-20-29(32)33)26(21)18-22(25)19-27(24)31/h5-6,8,22-25,27,31H,2-4,7,9-20H2,1H3,(H,32,33)/t22-,23-,24+,25-,27+/m0/s1.